The maximum atomic E-state index is 9.62. The fraction of sp³-hybridized carbons (Fsp3) is 0.769. The van der Waals surface area contributed by atoms with Gasteiger partial charge in [-0.3, -0.25) is 0 Å². The van der Waals surface area contributed by atoms with E-state index in [1.54, 1.807) is 0 Å². The van der Waals surface area contributed by atoms with Crippen LogP contribution in [0.3, 0.4) is 0 Å². The number of aromatic nitrogens is 2. The molecule has 1 saturated carbocycles. The second-order valence-electron chi connectivity index (χ2n) is 5.47. The van der Waals surface area contributed by atoms with Crippen molar-refractivity contribution >= 4 is 0 Å². The van der Waals surface area contributed by atoms with Gasteiger partial charge in [0.2, 0.25) is 0 Å². The molecule has 1 aromatic rings. The van der Waals surface area contributed by atoms with Gasteiger partial charge in [-0.25, -0.2) is 4.98 Å². The summed E-state index contributed by atoms with van der Waals surface area (Å²) in [6.45, 7) is 5.23. The Morgan fingerprint density at radius 1 is 1.53 bits per heavy atom. The standard InChI is InChI=1S/C13H23N3O/c1-10-3-5-13(9-17,6-4-10)15-8-12-7-14-11(2)16-12/h7,10,15,17H,3-6,8-9H2,1-2H3,(H,14,16). The first-order chi connectivity index (χ1) is 8.13. The number of nitrogens with zero attached hydrogens (tertiary/aromatic N) is 1. The fourth-order valence-electron chi connectivity index (χ4n) is 2.55. The quantitative estimate of drug-likeness (QED) is 0.747. The van der Waals surface area contributed by atoms with Crippen LogP contribution in [0, 0.1) is 12.8 Å². The molecule has 1 heterocycles. The number of aliphatic hydroxyl groups is 1. The van der Waals surface area contributed by atoms with Crippen LogP contribution >= 0.6 is 0 Å². The predicted octanol–water partition coefficient (Wildman–Crippen LogP) is 1.75. The molecule has 0 atom stereocenters. The van der Waals surface area contributed by atoms with Crippen LogP contribution in [0.25, 0.3) is 0 Å². The summed E-state index contributed by atoms with van der Waals surface area (Å²) in [6, 6.07) is 0. The van der Waals surface area contributed by atoms with Crippen molar-refractivity contribution < 1.29 is 5.11 Å². The van der Waals surface area contributed by atoms with Crippen molar-refractivity contribution in [3.63, 3.8) is 0 Å². The number of rotatable bonds is 4. The van der Waals surface area contributed by atoms with E-state index in [4.69, 9.17) is 0 Å². The SMILES string of the molecule is Cc1ncc(CNC2(CO)CCC(C)CC2)[nH]1. The molecule has 0 bridgehead atoms. The molecule has 1 aliphatic carbocycles. The van der Waals surface area contributed by atoms with Gasteiger partial charge in [0.1, 0.15) is 5.82 Å². The average Bonchev–Trinajstić information content (AvgIpc) is 2.75. The minimum absolute atomic E-state index is 0.0779. The van der Waals surface area contributed by atoms with Crippen molar-refractivity contribution in [1.82, 2.24) is 15.3 Å². The summed E-state index contributed by atoms with van der Waals surface area (Å²) in [6.07, 6.45) is 6.40. The van der Waals surface area contributed by atoms with Crippen molar-refractivity contribution in [3.05, 3.63) is 17.7 Å². The third kappa shape index (κ3) is 3.07. The van der Waals surface area contributed by atoms with Gasteiger partial charge in [-0.2, -0.15) is 0 Å². The van der Waals surface area contributed by atoms with Gasteiger partial charge in [-0.1, -0.05) is 6.92 Å². The van der Waals surface area contributed by atoms with Crippen molar-refractivity contribution in [2.24, 2.45) is 5.92 Å². The Kier molecular flexibility index (Phi) is 3.84. The lowest BCUT2D eigenvalue weighted by Crippen LogP contribution is -2.50. The van der Waals surface area contributed by atoms with E-state index in [-0.39, 0.29) is 12.1 Å². The molecule has 0 aliphatic heterocycles. The highest BCUT2D eigenvalue weighted by atomic mass is 16.3. The van der Waals surface area contributed by atoms with Gasteiger partial charge in [0, 0.05) is 24.0 Å². The third-order valence-corrected chi connectivity index (χ3v) is 3.94. The number of hydrogen-bond donors (Lipinski definition) is 3. The van der Waals surface area contributed by atoms with Gasteiger partial charge in [-0.05, 0) is 38.5 Å². The molecule has 96 valence electrons. The molecule has 4 heteroatoms. The smallest absolute Gasteiger partial charge is 0.103 e. The number of nitrogens with one attached hydrogen (secondary N) is 2. The summed E-state index contributed by atoms with van der Waals surface area (Å²) in [7, 11) is 0. The van der Waals surface area contributed by atoms with Gasteiger partial charge in [0.15, 0.2) is 0 Å². The molecular weight excluding hydrogens is 214 g/mol. The molecule has 0 aromatic carbocycles. The maximum Gasteiger partial charge on any atom is 0.103 e. The highest BCUT2D eigenvalue weighted by Crippen LogP contribution is 2.31. The molecule has 2 rings (SSSR count). The van der Waals surface area contributed by atoms with Gasteiger partial charge in [0.05, 0.1) is 6.61 Å². The summed E-state index contributed by atoms with van der Waals surface area (Å²) in [4.78, 5) is 7.39. The molecule has 4 nitrogen and oxygen atoms in total. The molecule has 3 N–H and O–H groups in total. The Morgan fingerprint density at radius 2 is 2.24 bits per heavy atom. The first-order valence-electron chi connectivity index (χ1n) is 6.50. The Hall–Kier alpha value is -0.870. The number of aromatic amines is 1. The van der Waals surface area contributed by atoms with Crippen LogP contribution in [0.5, 0.6) is 0 Å². The van der Waals surface area contributed by atoms with Crippen molar-refractivity contribution in [1.29, 1.82) is 0 Å². The van der Waals surface area contributed by atoms with E-state index in [1.165, 1.54) is 12.8 Å². The Balaban J connectivity index is 1.91. The number of imidazole rings is 1. The highest BCUT2D eigenvalue weighted by molar-refractivity contribution is 5.02. The van der Waals surface area contributed by atoms with E-state index in [0.717, 1.165) is 36.8 Å². The summed E-state index contributed by atoms with van der Waals surface area (Å²) in [5, 5.41) is 13.1. The molecular formula is C13H23N3O. The van der Waals surface area contributed by atoms with Crippen LogP contribution in [0.2, 0.25) is 0 Å². The van der Waals surface area contributed by atoms with Gasteiger partial charge < -0.3 is 15.4 Å². The zero-order valence-corrected chi connectivity index (χ0v) is 10.8. The number of H-pyrrole nitrogens is 1. The Morgan fingerprint density at radius 3 is 2.76 bits per heavy atom. The maximum absolute atomic E-state index is 9.62. The molecule has 1 fully saturated rings. The van der Waals surface area contributed by atoms with E-state index in [2.05, 4.69) is 22.2 Å². The van der Waals surface area contributed by atoms with Gasteiger partial charge in [-0.15, -0.1) is 0 Å². The lowest BCUT2D eigenvalue weighted by molar-refractivity contribution is 0.104. The van der Waals surface area contributed by atoms with Crippen LogP contribution in [0.4, 0.5) is 0 Å². The lowest BCUT2D eigenvalue weighted by Gasteiger charge is -2.38. The first-order valence-corrected chi connectivity index (χ1v) is 6.50. The molecule has 0 radical (unpaired) electrons. The fourth-order valence-corrected chi connectivity index (χ4v) is 2.55. The molecule has 1 aromatic heterocycles. The largest absolute Gasteiger partial charge is 0.394 e. The predicted molar refractivity (Wildman–Crippen MR) is 67.6 cm³/mol. The van der Waals surface area contributed by atoms with Crippen LogP contribution in [0.15, 0.2) is 6.20 Å². The van der Waals surface area contributed by atoms with E-state index >= 15 is 0 Å². The normalized spacial score (nSPS) is 29.5. The van der Waals surface area contributed by atoms with Gasteiger partial charge in [0.25, 0.3) is 0 Å². The van der Waals surface area contributed by atoms with Crippen LogP contribution in [0.1, 0.15) is 44.1 Å². The van der Waals surface area contributed by atoms with Crippen LogP contribution in [-0.2, 0) is 6.54 Å². The third-order valence-electron chi connectivity index (χ3n) is 3.94. The number of aryl methyl sites for hydroxylation is 1. The second-order valence-corrected chi connectivity index (χ2v) is 5.47. The van der Waals surface area contributed by atoms with Crippen molar-refractivity contribution in [2.75, 3.05) is 6.61 Å². The van der Waals surface area contributed by atoms with Crippen LogP contribution < -0.4 is 5.32 Å². The summed E-state index contributed by atoms with van der Waals surface area (Å²) < 4.78 is 0. The molecule has 0 unspecified atom stereocenters. The summed E-state index contributed by atoms with van der Waals surface area (Å²) in [5.41, 5.74) is 1.01. The summed E-state index contributed by atoms with van der Waals surface area (Å²) in [5.74, 6) is 1.74. The zero-order valence-electron chi connectivity index (χ0n) is 10.8. The molecule has 1 aliphatic rings. The Labute approximate surface area is 103 Å². The minimum Gasteiger partial charge on any atom is -0.394 e. The second kappa shape index (κ2) is 5.19. The van der Waals surface area contributed by atoms with E-state index in [0.29, 0.717) is 0 Å². The van der Waals surface area contributed by atoms with Gasteiger partial charge >= 0.3 is 0 Å². The molecule has 17 heavy (non-hydrogen) atoms. The van der Waals surface area contributed by atoms with E-state index in [9.17, 15) is 5.11 Å². The van der Waals surface area contributed by atoms with Crippen molar-refractivity contribution in [2.45, 2.75) is 51.6 Å². The summed E-state index contributed by atoms with van der Waals surface area (Å²) >= 11 is 0. The molecule has 0 spiro atoms. The lowest BCUT2D eigenvalue weighted by atomic mass is 9.77. The Bertz CT molecular complexity index is 353. The van der Waals surface area contributed by atoms with Crippen LogP contribution in [-0.4, -0.2) is 27.2 Å². The first kappa shape index (κ1) is 12.6. The van der Waals surface area contributed by atoms with E-state index < -0.39 is 0 Å². The highest BCUT2D eigenvalue weighted by Gasteiger charge is 2.32. The monoisotopic (exact) mass is 237 g/mol. The van der Waals surface area contributed by atoms with Crippen molar-refractivity contribution in [3.8, 4) is 0 Å². The van der Waals surface area contributed by atoms with E-state index in [1.807, 2.05) is 13.1 Å². The number of aliphatic hydroxyl groups excluding tert-OH is 1. The molecule has 0 saturated heterocycles. The molecule has 0 amide bonds. The average molecular weight is 237 g/mol. The minimum atomic E-state index is -0.0779. The topological polar surface area (TPSA) is 60.9 Å². The number of hydrogen-bond acceptors (Lipinski definition) is 3. The zero-order chi connectivity index (χ0) is 12.3.